The van der Waals surface area contributed by atoms with Crippen LogP contribution in [0.3, 0.4) is 0 Å². The van der Waals surface area contributed by atoms with Gasteiger partial charge in [-0.2, -0.15) is 0 Å². The second kappa shape index (κ2) is 11.8. The van der Waals surface area contributed by atoms with E-state index in [0.717, 1.165) is 5.92 Å². The average molecular weight is 210 g/mol. The molecule has 0 fully saturated rings. The highest BCUT2D eigenvalue weighted by atomic mass is 14.0. The molecule has 0 nitrogen and oxygen atoms in total. The summed E-state index contributed by atoms with van der Waals surface area (Å²) in [5, 5.41) is 0. The number of allylic oxidation sites excluding steroid dienone is 2. The first-order chi connectivity index (χ1) is 7.27. The summed E-state index contributed by atoms with van der Waals surface area (Å²) in [6, 6.07) is 0. The van der Waals surface area contributed by atoms with E-state index >= 15 is 0 Å². The molecule has 0 amide bonds. The normalized spacial score (nSPS) is 11.7. The molecule has 0 unspecified atom stereocenters. The third kappa shape index (κ3) is 13.7. The predicted molar refractivity (Wildman–Crippen MR) is 71.2 cm³/mol. The lowest BCUT2D eigenvalue weighted by Crippen LogP contribution is -1.87. The highest BCUT2D eigenvalue weighted by molar-refractivity contribution is 4.76. The third-order valence-corrected chi connectivity index (χ3v) is 2.89. The van der Waals surface area contributed by atoms with Gasteiger partial charge in [0.2, 0.25) is 0 Å². The van der Waals surface area contributed by atoms with Gasteiger partial charge in [0, 0.05) is 0 Å². The lowest BCUT2D eigenvalue weighted by molar-refractivity contribution is 0.509. The SMILES string of the molecule is C/C=C/CCCCCCCCCC(C)C. The summed E-state index contributed by atoms with van der Waals surface area (Å²) < 4.78 is 0. The molecule has 0 N–H and O–H groups in total. The summed E-state index contributed by atoms with van der Waals surface area (Å²) in [5.41, 5.74) is 0. The van der Waals surface area contributed by atoms with Crippen molar-refractivity contribution in [3.05, 3.63) is 12.2 Å². The van der Waals surface area contributed by atoms with Gasteiger partial charge < -0.3 is 0 Å². The van der Waals surface area contributed by atoms with Crippen LogP contribution in [0.5, 0.6) is 0 Å². The van der Waals surface area contributed by atoms with Crippen molar-refractivity contribution >= 4 is 0 Å². The van der Waals surface area contributed by atoms with Gasteiger partial charge in [-0.3, -0.25) is 0 Å². The summed E-state index contributed by atoms with van der Waals surface area (Å²) in [5.74, 6) is 0.894. The van der Waals surface area contributed by atoms with Gasteiger partial charge in [0.05, 0.1) is 0 Å². The van der Waals surface area contributed by atoms with E-state index in [0.29, 0.717) is 0 Å². The van der Waals surface area contributed by atoms with Gasteiger partial charge in [0.15, 0.2) is 0 Å². The number of rotatable bonds is 10. The van der Waals surface area contributed by atoms with E-state index in [-0.39, 0.29) is 0 Å². The van der Waals surface area contributed by atoms with Crippen molar-refractivity contribution in [2.75, 3.05) is 0 Å². The largest absolute Gasteiger partial charge is 0.0917 e. The van der Waals surface area contributed by atoms with Crippen LogP contribution in [0.4, 0.5) is 0 Å². The fourth-order valence-electron chi connectivity index (χ4n) is 1.87. The Balaban J connectivity index is 2.92. The molecule has 0 saturated heterocycles. The summed E-state index contributed by atoms with van der Waals surface area (Å²) in [6.07, 6.45) is 17.2. The van der Waals surface area contributed by atoms with Gasteiger partial charge in [-0.05, 0) is 25.7 Å². The van der Waals surface area contributed by atoms with Crippen LogP contribution in [0.1, 0.15) is 78.6 Å². The first kappa shape index (κ1) is 14.7. The fourth-order valence-corrected chi connectivity index (χ4v) is 1.87. The minimum atomic E-state index is 0.894. The molecule has 0 spiro atoms. The van der Waals surface area contributed by atoms with Crippen molar-refractivity contribution < 1.29 is 0 Å². The number of hydrogen-bond acceptors (Lipinski definition) is 0. The quantitative estimate of drug-likeness (QED) is 0.319. The van der Waals surface area contributed by atoms with Crippen LogP contribution >= 0.6 is 0 Å². The molecule has 0 aliphatic rings. The highest BCUT2D eigenvalue weighted by Crippen LogP contribution is 2.12. The smallest absolute Gasteiger partial charge is 0.0351 e. The molecule has 0 radical (unpaired) electrons. The first-order valence-electron chi connectivity index (χ1n) is 6.88. The van der Waals surface area contributed by atoms with Crippen LogP contribution in [-0.4, -0.2) is 0 Å². The molecule has 0 aliphatic heterocycles. The average Bonchev–Trinajstić information content (AvgIpc) is 2.20. The topological polar surface area (TPSA) is 0 Å². The van der Waals surface area contributed by atoms with Crippen molar-refractivity contribution in [2.24, 2.45) is 5.92 Å². The van der Waals surface area contributed by atoms with E-state index in [1.165, 1.54) is 57.8 Å². The van der Waals surface area contributed by atoms with E-state index < -0.39 is 0 Å². The molecule has 0 atom stereocenters. The molecule has 0 aliphatic carbocycles. The molecule has 0 aromatic carbocycles. The summed E-state index contributed by atoms with van der Waals surface area (Å²) in [6.45, 7) is 6.75. The minimum Gasteiger partial charge on any atom is -0.0917 e. The van der Waals surface area contributed by atoms with Crippen molar-refractivity contribution in [3.8, 4) is 0 Å². The highest BCUT2D eigenvalue weighted by Gasteiger charge is 1.94. The van der Waals surface area contributed by atoms with Gasteiger partial charge in [-0.15, -0.1) is 0 Å². The van der Waals surface area contributed by atoms with Gasteiger partial charge in [0.1, 0.15) is 0 Å². The molecule has 0 saturated carbocycles. The zero-order chi connectivity index (χ0) is 11.4. The molecule has 0 heteroatoms. The van der Waals surface area contributed by atoms with Crippen LogP contribution in [0.2, 0.25) is 0 Å². The molecule has 0 heterocycles. The van der Waals surface area contributed by atoms with Gasteiger partial charge in [-0.1, -0.05) is 70.9 Å². The van der Waals surface area contributed by atoms with E-state index in [4.69, 9.17) is 0 Å². The van der Waals surface area contributed by atoms with Crippen LogP contribution in [-0.2, 0) is 0 Å². The molecule has 0 aromatic rings. The van der Waals surface area contributed by atoms with Crippen LogP contribution in [0.15, 0.2) is 12.2 Å². The molecule has 0 rings (SSSR count). The molecule has 0 aromatic heterocycles. The molecule has 0 bridgehead atoms. The zero-order valence-corrected chi connectivity index (χ0v) is 11.1. The molecular weight excluding hydrogens is 180 g/mol. The maximum Gasteiger partial charge on any atom is -0.0351 e. The fraction of sp³-hybridized carbons (Fsp3) is 0.867. The maximum absolute atomic E-state index is 2.32. The van der Waals surface area contributed by atoms with Crippen LogP contribution in [0.25, 0.3) is 0 Å². The third-order valence-electron chi connectivity index (χ3n) is 2.89. The first-order valence-corrected chi connectivity index (χ1v) is 6.88. The Hall–Kier alpha value is -0.260. The van der Waals surface area contributed by atoms with E-state index in [1.807, 2.05) is 0 Å². The van der Waals surface area contributed by atoms with E-state index in [2.05, 4.69) is 32.9 Å². The van der Waals surface area contributed by atoms with Gasteiger partial charge in [0.25, 0.3) is 0 Å². The Bertz CT molecular complexity index is 133. The Morgan fingerprint density at radius 2 is 1.33 bits per heavy atom. The van der Waals surface area contributed by atoms with E-state index in [9.17, 15) is 0 Å². The van der Waals surface area contributed by atoms with Crippen LogP contribution in [0, 0.1) is 5.92 Å². The summed E-state index contributed by atoms with van der Waals surface area (Å²) in [7, 11) is 0. The summed E-state index contributed by atoms with van der Waals surface area (Å²) in [4.78, 5) is 0. The summed E-state index contributed by atoms with van der Waals surface area (Å²) >= 11 is 0. The van der Waals surface area contributed by atoms with Crippen molar-refractivity contribution in [1.82, 2.24) is 0 Å². The molecular formula is C15H30. The van der Waals surface area contributed by atoms with Crippen molar-refractivity contribution in [3.63, 3.8) is 0 Å². The Labute approximate surface area is 97.2 Å². The lowest BCUT2D eigenvalue weighted by Gasteiger charge is -2.04. The lowest BCUT2D eigenvalue weighted by atomic mass is 10.0. The van der Waals surface area contributed by atoms with Crippen molar-refractivity contribution in [2.45, 2.75) is 78.6 Å². The second-order valence-electron chi connectivity index (χ2n) is 5.02. The van der Waals surface area contributed by atoms with Gasteiger partial charge >= 0.3 is 0 Å². The minimum absolute atomic E-state index is 0.894. The Morgan fingerprint density at radius 3 is 1.87 bits per heavy atom. The monoisotopic (exact) mass is 210 g/mol. The molecule has 15 heavy (non-hydrogen) atoms. The Morgan fingerprint density at radius 1 is 0.800 bits per heavy atom. The zero-order valence-electron chi connectivity index (χ0n) is 11.1. The number of unbranched alkanes of at least 4 members (excludes halogenated alkanes) is 7. The second-order valence-corrected chi connectivity index (χ2v) is 5.02. The predicted octanol–water partition coefficient (Wildman–Crippen LogP) is 5.73. The van der Waals surface area contributed by atoms with Crippen LogP contribution < -0.4 is 0 Å². The van der Waals surface area contributed by atoms with Gasteiger partial charge in [-0.25, -0.2) is 0 Å². The standard InChI is InChI=1S/C15H30/c1-4-5-6-7-8-9-10-11-12-13-14-15(2)3/h4-5,15H,6-14H2,1-3H3/b5-4+. The molecule has 90 valence electrons. The number of hydrogen-bond donors (Lipinski definition) is 0. The maximum atomic E-state index is 2.32. The van der Waals surface area contributed by atoms with E-state index in [1.54, 1.807) is 0 Å². The van der Waals surface area contributed by atoms with Crippen molar-refractivity contribution in [1.29, 1.82) is 0 Å². The Kier molecular flexibility index (Phi) is 11.6.